The van der Waals surface area contributed by atoms with Crippen molar-refractivity contribution < 1.29 is 41.1 Å². The van der Waals surface area contributed by atoms with Crippen molar-refractivity contribution in [1.82, 2.24) is 0 Å². The fourth-order valence-electron chi connectivity index (χ4n) is 3.12. The van der Waals surface area contributed by atoms with E-state index < -0.39 is 40.0 Å². The normalized spacial score (nSPS) is 12.9. The van der Waals surface area contributed by atoms with Crippen LogP contribution in [0.5, 0.6) is 23.0 Å². The lowest BCUT2D eigenvalue weighted by Crippen LogP contribution is -2.44. The molecular formula is C26H36N4O9S. The number of rotatable bonds is 15. The number of hydrogen-bond donors (Lipinski definition) is 3. The molecule has 40 heavy (non-hydrogen) atoms. The van der Waals surface area contributed by atoms with Crippen LogP contribution < -0.4 is 35.6 Å². The number of esters is 2. The van der Waals surface area contributed by atoms with E-state index in [-0.39, 0.29) is 23.9 Å². The van der Waals surface area contributed by atoms with Crippen molar-refractivity contribution in [3.05, 3.63) is 48.5 Å². The molecule has 0 aromatic heterocycles. The van der Waals surface area contributed by atoms with E-state index in [0.29, 0.717) is 30.9 Å². The van der Waals surface area contributed by atoms with E-state index in [1.807, 2.05) is 6.92 Å². The summed E-state index contributed by atoms with van der Waals surface area (Å²) in [5, 5.41) is 0. The van der Waals surface area contributed by atoms with Crippen molar-refractivity contribution in [2.24, 2.45) is 22.2 Å². The van der Waals surface area contributed by atoms with Gasteiger partial charge in [0, 0.05) is 19.0 Å². The lowest BCUT2D eigenvalue weighted by molar-refractivity contribution is -0.170. The first kappa shape index (κ1) is 32.2. The summed E-state index contributed by atoms with van der Waals surface area (Å²) >= 11 is 0. The second-order valence-corrected chi connectivity index (χ2v) is 10.8. The Balaban J connectivity index is 1.96. The molecule has 0 saturated carbocycles. The van der Waals surface area contributed by atoms with Crippen LogP contribution >= 0.6 is 0 Å². The number of ether oxygens (including phenoxy) is 4. The van der Waals surface area contributed by atoms with Crippen molar-refractivity contribution in [2.45, 2.75) is 58.0 Å². The number of hydrogen-bond acceptors (Lipinski definition) is 11. The van der Waals surface area contributed by atoms with E-state index in [9.17, 15) is 18.0 Å². The van der Waals surface area contributed by atoms with E-state index in [1.165, 1.54) is 26.0 Å². The fraction of sp³-hybridized carbons (Fsp3) is 0.423. The van der Waals surface area contributed by atoms with Gasteiger partial charge in [-0.2, -0.15) is 8.42 Å². The Morgan fingerprint density at radius 2 is 1.57 bits per heavy atom. The zero-order valence-corrected chi connectivity index (χ0v) is 23.7. The summed E-state index contributed by atoms with van der Waals surface area (Å²) in [5.74, 6) is -0.602. The molecule has 0 heterocycles. The number of benzene rings is 2. The topological polar surface area (TPSA) is 205 Å². The van der Waals surface area contributed by atoms with Crippen LogP contribution in [-0.2, 0) is 24.4 Å². The Labute approximate surface area is 233 Å². The van der Waals surface area contributed by atoms with Crippen LogP contribution in [0, 0.1) is 0 Å². The van der Waals surface area contributed by atoms with E-state index in [2.05, 4.69) is 4.99 Å². The molecule has 220 valence electrons. The standard InChI is InChI=1S/C26H36N4O9S/c1-5-22(35-17-11-13-18(14-12-17)39-40(4,33)34)36-19-8-6-9-20(16-19)38-26(2,3)24(32)37-23(31)21(27)10-7-15-30-25(28)29/h6,8-9,11-14,16,21-22H,5,7,10,15,27H2,1-4H3,(H4,28,29,30)/t21-,22?/m0/s1. The number of guanidine groups is 1. The second kappa shape index (κ2) is 14.4. The molecule has 0 aliphatic carbocycles. The first-order valence-corrected chi connectivity index (χ1v) is 14.2. The molecule has 0 aliphatic heterocycles. The minimum absolute atomic E-state index is 0.0636. The number of carbonyl (C=O) groups excluding carboxylic acids is 2. The first-order chi connectivity index (χ1) is 18.7. The molecule has 2 aromatic carbocycles. The van der Waals surface area contributed by atoms with Gasteiger partial charge in [-0.05, 0) is 63.1 Å². The van der Waals surface area contributed by atoms with E-state index in [0.717, 1.165) is 6.26 Å². The van der Waals surface area contributed by atoms with Crippen LogP contribution in [-0.4, -0.2) is 57.0 Å². The highest BCUT2D eigenvalue weighted by Gasteiger charge is 2.35. The zero-order valence-electron chi connectivity index (χ0n) is 22.9. The highest BCUT2D eigenvalue weighted by molar-refractivity contribution is 7.86. The Kier molecular flexibility index (Phi) is 11.6. The minimum atomic E-state index is -3.64. The zero-order chi connectivity index (χ0) is 29.9. The summed E-state index contributed by atoms with van der Waals surface area (Å²) in [6.07, 6.45) is 1.39. The maximum Gasteiger partial charge on any atom is 0.357 e. The lowest BCUT2D eigenvalue weighted by Gasteiger charge is -2.25. The summed E-state index contributed by atoms with van der Waals surface area (Å²) in [6, 6.07) is 11.5. The smallest absolute Gasteiger partial charge is 0.357 e. The van der Waals surface area contributed by atoms with Gasteiger partial charge in [-0.3, -0.25) is 4.99 Å². The van der Waals surface area contributed by atoms with Crippen molar-refractivity contribution in [2.75, 3.05) is 12.8 Å². The summed E-state index contributed by atoms with van der Waals surface area (Å²) in [7, 11) is -3.64. The van der Waals surface area contributed by atoms with Crippen molar-refractivity contribution >= 4 is 28.0 Å². The van der Waals surface area contributed by atoms with Gasteiger partial charge in [0.25, 0.3) is 0 Å². The number of aliphatic imine (C=N–C) groups is 1. The van der Waals surface area contributed by atoms with E-state index in [4.69, 9.17) is 40.3 Å². The van der Waals surface area contributed by atoms with Crippen molar-refractivity contribution in [3.63, 3.8) is 0 Å². The minimum Gasteiger partial charge on any atom is -0.476 e. The molecule has 0 radical (unpaired) electrons. The van der Waals surface area contributed by atoms with Gasteiger partial charge in [-0.25, -0.2) is 9.59 Å². The average Bonchev–Trinajstić information content (AvgIpc) is 2.86. The van der Waals surface area contributed by atoms with Gasteiger partial charge in [-0.15, -0.1) is 0 Å². The quantitative estimate of drug-likeness (QED) is 0.0525. The third-order valence-corrected chi connectivity index (χ3v) is 5.57. The van der Waals surface area contributed by atoms with Crippen LogP contribution in [0.15, 0.2) is 53.5 Å². The van der Waals surface area contributed by atoms with Crippen LogP contribution in [0.1, 0.15) is 40.0 Å². The lowest BCUT2D eigenvalue weighted by atomic mass is 10.1. The highest BCUT2D eigenvalue weighted by atomic mass is 32.2. The third kappa shape index (κ3) is 11.4. The van der Waals surface area contributed by atoms with Gasteiger partial charge in [0.2, 0.25) is 11.9 Å². The maximum absolute atomic E-state index is 12.6. The summed E-state index contributed by atoms with van der Waals surface area (Å²) in [5.41, 5.74) is 14.8. The molecule has 0 fully saturated rings. The molecule has 2 aromatic rings. The SMILES string of the molecule is CCC(Oc1ccc(OS(C)(=O)=O)cc1)Oc1cccc(OC(C)(C)C(=O)OC(=O)[C@@H](N)CCCN=C(N)N)c1. The van der Waals surface area contributed by atoms with E-state index >= 15 is 0 Å². The number of carbonyl (C=O) groups is 2. The van der Waals surface area contributed by atoms with Crippen molar-refractivity contribution in [1.29, 1.82) is 0 Å². The number of nitrogens with two attached hydrogens (primary N) is 3. The summed E-state index contributed by atoms with van der Waals surface area (Å²) in [6.45, 7) is 5.06. The van der Waals surface area contributed by atoms with Gasteiger partial charge in [-0.1, -0.05) is 13.0 Å². The predicted molar refractivity (Wildman–Crippen MR) is 147 cm³/mol. The Hall–Kier alpha value is -4.04. The van der Waals surface area contributed by atoms with Gasteiger partial charge >= 0.3 is 22.1 Å². The molecule has 2 atom stereocenters. The van der Waals surface area contributed by atoms with Gasteiger partial charge in [0.15, 0.2) is 5.96 Å². The van der Waals surface area contributed by atoms with Crippen LogP contribution in [0.3, 0.4) is 0 Å². The predicted octanol–water partition coefficient (Wildman–Crippen LogP) is 1.83. The third-order valence-electron chi connectivity index (χ3n) is 5.07. The summed E-state index contributed by atoms with van der Waals surface area (Å²) < 4.78 is 49.8. The molecule has 2 rings (SSSR count). The Morgan fingerprint density at radius 1 is 0.975 bits per heavy atom. The van der Waals surface area contributed by atoms with Crippen LogP contribution in [0.25, 0.3) is 0 Å². The molecule has 1 unspecified atom stereocenters. The average molecular weight is 581 g/mol. The van der Waals surface area contributed by atoms with Gasteiger partial charge < -0.3 is 40.3 Å². The Bertz CT molecular complexity index is 1280. The summed E-state index contributed by atoms with van der Waals surface area (Å²) in [4.78, 5) is 28.7. The molecule has 0 saturated heterocycles. The maximum atomic E-state index is 12.6. The van der Waals surface area contributed by atoms with Crippen LogP contribution in [0.2, 0.25) is 0 Å². The Morgan fingerprint density at radius 3 is 2.17 bits per heavy atom. The van der Waals surface area contributed by atoms with Gasteiger partial charge in [0.1, 0.15) is 29.0 Å². The first-order valence-electron chi connectivity index (χ1n) is 12.4. The largest absolute Gasteiger partial charge is 0.476 e. The van der Waals surface area contributed by atoms with Gasteiger partial charge in [0.05, 0.1) is 6.26 Å². The highest BCUT2D eigenvalue weighted by Crippen LogP contribution is 2.27. The molecule has 13 nitrogen and oxygen atoms in total. The second-order valence-electron chi connectivity index (χ2n) is 9.18. The monoisotopic (exact) mass is 580 g/mol. The molecule has 0 amide bonds. The van der Waals surface area contributed by atoms with E-state index in [1.54, 1.807) is 36.4 Å². The molecule has 0 bridgehead atoms. The fourth-order valence-corrected chi connectivity index (χ4v) is 3.58. The number of nitrogens with zero attached hydrogens (tertiary/aromatic N) is 1. The molecule has 0 aliphatic rings. The van der Waals surface area contributed by atoms with Crippen molar-refractivity contribution in [3.8, 4) is 23.0 Å². The molecule has 0 spiro atoms. The molecule has 14 heteroatoms. The molecular weight excluding hydrogens is 544 g/mol. The molecule has 6 N–H and O–H groups in total. The van der Waals surface area contributed by atoms with Crippen LogP contribution in [0.4, 0.5) is 0 Å².